The van der Waals surface area contributed by atoms with Gasteiger partial charge >= 0.3 is 0 Å². The predicted octanol–water partition coefficient (Wildman–Crippen LogP) is 6.78. The lowest BCUT2D eigenvalue weighted by Gasteiger charge is -2.21. The number of anilines is 2. The highest BCUT2D eigenvalue weighted by Crippen LogP contribution is 2.33. The monoisotopic (exact) mass is 508 g/mol. The molecular weight excluding hydrogens is 468 g/mol. The number of unbranched alkanes of at least 4 members (excludes halogenated alkanes) is 5. The minimum Gasteiger partial charge on any atom is -0.384 e. The van der Waals surface area contributed by atoms with Crippen LogP contribution in [0, 0.1) is 0 Å². The van der Waals surface area contributed by atoms with Crippen molar-refractivity contribution in [3.05, 3.63) is 65.4 Å². The maximum absolute atomic E-state index is 12.3. The smallest absolute Gasteiger partial charge is 0.251 e. The van der Waals surface area contributed by atoms with Crippen LogP contribution in [0.1, 0.15) is 73.0 Å². The summed E-state index contributed by atoms with van der Waals surface area (Å²) in [6.07, 6.45) is 11.9. The second kappa shape index (κ2) is 14.1. The number of aromatic nitrogens is 1. The van der Waals surface area contributed by atoms with Crippen LogP contribution in [-0.2, 0) is 12.8 Å². The molecule has 1 heterocycles. The Labute approximate surface area is 222 Å². The van der Waals surface area contributed by atoms with Crippen molar-refractivity contribution in [2.75, 3.05) is 37.4 Å². The first-order valence-corrected chi connectivity index (χ1v) is 13.3. The number of hydrogen-bond acceptors (Lipinski definition) is 4. The first-order chi connectivity index (χ1) is 17.1. The fraction of sp³-hybridized carbons (Fsp3) is 0.467. The molecule has 0 bridgehead atoms. The number of nitrogens with zero attached hydrogens (tertiary/aromatic N) is 2. The van der Waals surface area contributed by atoms with E-state index >= 15 is 0 Å². The summed E-state index contributed by atoms with van der Waals surface area (Å²) in [7, 11) is 4.00. The van der Waals surface area contributed by atoms with E-state index in [1.54, 1.807) is 0 Å². The summed E-state index contributed by atoms with van der Waals surface area (Å²) in [5, 5.41) is 8.09. The van der Waals surface area contributed by atoms with Crippen molar-refractivity contribution >= 4 is 40.6 Å². The van der Waals surface area contributed by atoms with Crippen LogP contribution >= 0.6 is 12.4 Å². The van der Waals surface area contributed by atoms with E-state index < -0.39 is 0 Å². The second-order valence-electron chi connectivity index (χ2n) is 9.88. The Kier molecular flexibility index (Phi) is 10.9. The Morgan fingerprint density at radius 2 is 1.53 bits per heavy atom. The van der Waals surface area contributed by atoms with Crippen molar-refractivity contribution in [2.24, 2.45) is 0 Å². The van der Waals surface area contributed by atoms with Crippen molar-refractivity contribution < 1.29 is 4.79 Å². The van der Waals surface area contributed by atoms with Crippen LogP contribution < -0.4 is 15.5 Å². The van der Waals surface area contributed by atoms with Crippen LogP contribution in [0.15, 0.2) is 48.5 Å². The van der Waals surface area contributed by atoms with E-state index in [0.717, 1.165) is 55.5 Å². The molecule has 2 aromatic carbocycles. The molecule has 3 aromatic rings. The number of benzene rings is 2. The summed E-state index contributed by atoms with van der Waals surface area (Å²) in [5.41, 5.74) is 7.03. The summed E-state index contributed by atoms with van der Waals surface area (Å²) in [5.74, 6) is 0.0206. The number of carbonyl (C=O) groups excluding carboxylic acids is 1. The largest absolute Gasteiger partial charge is 0.384 e. The molecule has 194 valence electrons. The maximum Gasteiger partial charge on any atom is 0.251 e. The van der Waals surface area contributed by atoms with Crippen LogP contribution in [0.25, 0.3) is 10.9 Å². The topological polar surface area (TPSA) is 57.3 Å². The lowest BCUT2D eigenvalue weighted by Crippen LogP contribution is -2.24. The van der Waals surface area contributed by atoms with Crippen molar-refractivity contribution in [1.82, 2.24) is 10.3 Å². The number of pyridine rings is 1. The summed E-state index contributed by atoms with van der Waals surface area (Å²) in [6.45, 7) is 1.76. The number of aryl methyl sites for hydroxylation is 1. The van der Waals surface area contributed by atoms with Gasteiger partial charge in [-0.15, -0.1) is 12.4 Å². The number of para-hydroxylation sites is 1. The van der Waals surface area contributed by atoms with E-state index in [-0.39, 0.29) is 18.3 Å². The number of hydrogen-bond donors (Lipinski definition) is 2. The summed E-state index contributed by atoms with van der Waals surface area (Å²) in [4.78, 5) is 19.3. The summed E-state index contributed by atoms with van der Waals surface area (Å²) >= 11 is 0. The fourth-order valence-corrected chi connectivity index (χ4v) is 4.96. The summed E-state index contributed by atoms with van der Waals surface area (Å²) in [6, 6.07) is 16.3. The molecule has 4 rings (SSSR count). The molecule has 36 heavy (non-hydrogen) atoms. The molecule has 0 spiro atoms. The molecule has 1 aliphatic rings. The van der Waals surface area contributed by atoms with Crippen LogP contribution in [-0.4, -0.2) is 38.1 Å². The molecule has 5 nitrogen and oxygen atoms in total. The maximum atomic E-state index is 12.3. The molecule has 2 N–H and O–H groups in total. The second-order valence-corrected chi connectivity index (χ2v) is 9.88. The minimum absolute atomic E-state index is 0. The predicted molar refractivity (Wildman–Crippen MR) is 155 cm³/mol. The van der Waals surface area contributed by atoms with E-state index in [0.29, 0.717) is 0 Å². The van der Waals surface area contributed by atoms with Gasteiger partial charge in [0.15, 0.2) is 0 Å². The number of fused-ring (bicyclic) bond motifs is 2. The highest BCUT2D eigenvalue weighted by atomic mass is 35.5. The van der Waals surface area contributed by atoms with Gasteiger partial charge in [0.25, 0.3) is 5.91 Å². The third-order valence-electron chi connectivity index (χ3n) is 7.01. The molecule has 0 unspecified atom stereocenters. The van der Waals surface area contributed by atoms with Crippen molar-refractivity contribution in [3.8, 4) is 0 Å². The zero-order valence-electron chi connectivity index (χ0n) is 21.8. The average molecular weight is 509 g/mol. The minimum atomic E-state index is 0. The zero-order valence-corrected chi connectivity index (χ0v) is 22.6. The standard InChI is InChI=1S/C30H40N4O.ClH/c1-34(2)24-19-17-23(18-20-24)30(35)32-22-12-6-4-3-5-11-21-31-29-25-13-7-9-15-27(25)33-28-16-10-8-14-26(28)29;/h7,9,13,15,17-20H,3-6,8,10-12,14,16,21-22H2,1-2H3,(H,31,33)(H,32,35);1H. The SMILES string of the molecule is CN(C)c1ccc(C(=O)NCCCCCCCCNc2c3c(nc4ccccc24)CCCC3)cc1.Cl. The van der Waals surface area contributed by atoms with Crippen molar-refractivity contribution in [1.29, 1.82) is 0 Å². The lowest BCUT2D eigenvalue weighted by molar-refractivity contribution is 0.0953. The molecular formula is C30H41ClN4O. The van der Waals surface area contributed by atoms with E-state index in [2.05, 4.69) is 34.9 Å². The molecule has 6 heteroatoms. The number of rotatable bonds is 12. The Hall–Kier alpha value is -2.79. The van der Waals surface area contributed by atoms with Crippen LogP contribution in [0.5, 0.6) is 0 Å². The molecule has 0 aliphatic heterocycles. The van der Waals surface area contributed by atoms with Gasteiger partial charge in [-0.3, -0.25) is 9.78 Å². The molecule has 0 saturated heterocycles. The van der Waals surface area contributed by atoms with E-state index in [1.165, 1.54) is 60.9 Å². The Morgan fingerprint density at radius 3 is 2.28 bits per heavy atom. The van der Waals surface area contributed by atoms with Gasteiger partial charge in [0.05, 0.1) is 5.52 Å². The Morgan fingerprint density at radius 1 is 0.861 bits per heavy atom. The first kappa shape index (κ1) is 27.8. The van der Waals surface area contributed by atoms with E-state index in [9.17, 15) is 4.79 Å². The Bertz CT molecular complexity index is 1110. The molecule has 0 radical (unpaired) electrons. The summed E-state index contributed by atoms with van der Waals surface area (Å²) < 4.78 is 0. The first-order valence-electron chi connectivity index (χ1n) is 13.3. The van der Waals surface area contributed by atoms with Crippen LogP contribution in [0.3, 0.4) is 0 Å². The van der Waals surface area contributed by atoms with E-state index in [4.69, 9.17) is 4.98 Å². The molecule has 0 fully saturated rings. The quantitative estimate of drug-likeness (QED) is 0.264. The Balaban J connectivity index is 0.00000361. The molecule has 0 saturated carbocycles. The van der Waals surface area contributed by atoms with Crippen molar-refractivity contribution in [2.45, 2.75) is 64.2 Å². The molecule has 0 atom stereocenters. The van der Waals surface area contributed by atoms with Gasteiger partial charge < -0.3 is 15.5 Å². The number of carbonyl (C=O) groups is 1. The number of halogens is 1. The molecule has 1 aliphatic carbocycles. The average Bonchev–Trinajstić information content (AvgIpc) is 2.89. The third-order valence-corrected chi connectivity index (χ3v) is 7.01. The van der Waals surface area contributed by atoms with Gasteiger partial charge in [-0.2, -0.15) is 0 Å². The fourth-order valence-electron chi connectivity index (χ4n) is 4.96. The van der Waals surface area contributed by atoms with Crippen LogP contribution in [0.2, 0.25) is 0 Å². The highest BCUT2D eigenvalue weighted by molar-refractivity contribution is 5.94. The van der Waals surface area contributed by atoms with Gasteiger partial charge in [0.2, 0.25) is 0 Å². The highest BCUT2D eigenvalue weighted by Gasteiger charge is 2.17. The van der Waals surface area contributed by atoms with Crippen LogP contribution in [0.4, 0.5) is 11.4 Å². The number of amides is 1. The third kappa shape index (κ3) is 7.36. The van der Waals surface area contributed by atoms with E-state index in [1.807, 2.05) is 43.3 Å². The molecule has 1 aromatic heterocycles. The van der Waals surface area contributed by atoms with Gasteiger partial charge in [-0.25, -0.2) is 0 Å². The normalized spacial score (nSPS) is 12.5. The lowest BCUT2D eigenvalue weighted by atomic mass is 9.92. The van der Waals surface area contributed by atoms with Gasteiger partial charge in [0.1, 0.15) is 0 Å². The van der Waals surface area contributed by atoms with Gasteiger partial charge in [-0.1, -0.05) is 43.9 Å². The molecule has 1 amide bonds. The van der Waals surface area contributed by atoms with Gasteiger partial charge in [0, 0.05) is 55.2 Å². The number of nitrogens with one attached hydrogen (secondary N) is 2. The van der Waals surface area contributed by atoms with Crippen molar-refractivity contribution in [3.63, 3.8) is 0 Å². The van der Waals surface area contributed by atoms with Gasteiger partial charge in [-0.05, 0) is 74.4 Å². The zero-order chi connectivity index (χ0) is 24.5.